The number of benzene rings is 1. The third-order valence-corrected chi connectivity index (χ3v) is 3.66. The Hall–Kier alpha value is -2.24. The molecule has 3 rings (SSSR count). The Labute approximate surface area is 116 Å². The van der Waals surface area contributed by atoms with Crippen LogP contribution in [0.2, 0.25) is 0 Å². The molecule has 1 atom stereocenters. The van der Waals surface area contributed by atoms with Crippen molar-refractivity contribution >= 4 is 0 Å². The van der Waals surface area contributed by atoms with E-state index in [1.807, 2.05) is 18.2 Å². The summed E-state index contributed by atoms with van der Waals surface area (Å²) in [7, 11) is 0. The van der Waals surface area contributed by atoms with Crippen LogP contribution in [0.15, 0.2) is 30.3 Å². The maximum atomic E-state index is 10.8. The fourth-order valence-corrected chi connectivity index (χ4v) is 2.52. The van der Waals surface area contributed by atoms with Crippen molar-refractivity contribution in [2.24, 2.45) is 0 Å². The summed E-state index contributed by atoms with van der Waals surface area (Å²) in [4.78, 5) is 15.1. The Bertz CT molecular complexity index is 609. The minimum Gasteiger partial charge on any atom is -0.264 e. The molecule has 0 amide bonds. The van der Waals surface area contributed by atoms with Crippen LogP contribution in [0.1, 0.15) is 23.6 Å². The van der Waals surface area contributed by atoms with Crippen molar-refractivity contribution in [2.75, 3.05) is 0 Å². The van der Waals surface area contributed by atoms with Crippen LogP contribution < -0.4 is 0 Å². The van der Waals surface area contributed by atoms with Crippen LogP contribution in [0.5, 0.6) is 0 Å². The van der Waals surface area contributed by atoms with E-state index in [9.17, 15) is 10.1 Å². The number of nitro groups is 1. The standard InChI is InChI=1S/C14H16N4O2/c19-18(20)12-7-9-14-15-13(16-17(14)10-12)8-6-11-4-2-1-3-5-11/h1-5,12H,6-10H2. The fourth-order valence-electron chi connectivity index (χ4n) is 2.52. The lowest BCUT2D eigenvalue weighted by Gasteiger charge is -2.15. The van der Waals surface area contributed by atoms with Crippen LogP contribution >= 0.6 is 0 Å². The highest BCUT2D eigenvalue weighted by Gasteiger charge is 2.28. The third kappa shape index (κ3) is 2.68. The molecule has 0 radical (unpaired) electrons. The lowest BCUT2D eigenvalue weighted by molar-refractivity contribution is -0.527. The van der Waals surface area contributed by atoms with Gasteiger partial charge in [-0.15, -0.1) is 0 Å². The summed E-state index contributed by atoms with van der Waals surface area (Å²) in [5.74, 6) is 1.67. The average Bonchev–Trinajstić information content (AvgIpc) is 2.88. The Morgan fingerprint density at radius 2 is 2.10 bits per heavy atom. The van der Waals surface area contributed by atoms with E-state index in [4.69, 9.17) is 0 Å². The van der Waals surface area contributed by atoms with Gasteiger partial charge in [-0.3, -0.25) is 10.1 Å². The van der Waals surface area contributed by atoms with Gasteiger partial charge in [0.1, 0.15) is 12.4 Å². The number of rotatable bonds is 4. The Balaban J connectivity index is 1.67. The van der Waals surface area contributed by atoms with Gasteiger partial charge in [-0.2, -0.15) is 5.10 Å². The van der Waals surface area contributed by atoms with Crippen LogP contribution in [0, 0.1) is 10.1 Å². The summed E-state index contributed by atoms with van der Waals surface area (Å²) in [6.45, 7) is 0.348. The average molecular weight is 272 g/mol. The highest BCUT2D eigenvalue weighted by atomic mass is 16.6. The van der Waals surface area contributed by atoms with E-state index in [1.165, 1.54) is 5.56 Å². The van der Waals surface area contributed by atoms with Gasteiger partial charge < -0.3 is 0 Å². The van der Waals surface area contributed by atoms with Crippen LogP contribution in [0.25, 0.3) is 0 Å². The highest BCUT2D eigenvalue weighted by Crippen LogP contribution is 2.15. The first-order valence-corrected chi connectivity index (χ1v) is 6.82. The fraction of sp³-hybridized carbons (Fsp3) is 0.429. The second-order valence-corrected chi connectivity index (χ2v) is 5.09. The van der Waals surface area contributed by atoms with Crippen LogP contribution in [-0.2, 0) is 25.8 Å². The molecule has 0 bridgehead atoms. The molecule has 0 fully saturated rings. The van der Waals surface area contributed by atoms with Crippen LogP contribution in [-0.4, -0.2) is 25.7 Å². The van der Waals surface area contributed by atoms with E-state index < -0.39 is 6.04 Å². The Kier molecular flexibility index (Phi) is 3.45. The zero-order valence-corrected chi connectivity index (χ0v) is 11.1. The highest BCUT2D eigenvalue weighted by molar-refractivity contribution is 5.15. The summed E-state index contributed by atoms with van der Waals surface area (Å²) in [6, 6.07) is 9.67. The molecule has 2 heterocycles. The van der Waals surface area contributed by atoms with Gasteiger partial charge in [-0.25, -0.2) is 9.67 Å². The van der Waals surface area contributed by atoms with Crippen LogP contribution in [0.3, 0.4) is 0 Å². The van der Waals surface area contributed by atoms with E-state index in [-0.39, 0.29) is 4.92 Å². The van der Waals surface area contributed by atoms with Gasteiger partial charge in [0.15, 0.2) is 5.82 Å². The Morgan fingerprint density at radius 1 is 1.30 bits per heavy atom. The van der Waals surface area contributed by atoms with Crippen molar-refractivity contribution in [3.8, 4) is 0 Å². The van der Waals surface area contributed by atoms with Crippen molar-refractivity contribution in [3.63, 3.8) is 0 Å². The van der Waals surface area contributed by atoms with Crippen molar-refractivity contribution < 1.29 is 4.92 Å². The molecule has 1 aromatic carbocycles. The number of aryl methyl sites for hydroxylation is 3. The molecule has 104 valence electrons. The smallest absolute Gasteiger partial charge is 0.232 e. The van der Waals surface area contributed by atoms with Gasteiger partial charge in [0.25, 0.3) is 0 Å². The summed E-state index contributed by atoms with van der Waals surface area (Å²) in [5.41, 5.74) is 1.25. The molecule has 0 spiro atoms. The van der Waals surface area contributed by atoms with Gasteiger partial charge in [0, 0.05) is 24.2 Å². The predicted molar refractivity (Wildman–Crippen MR) is 73.0 cm³/mol. The van der Waals surface area contributed by atoms with Crippen molar-refractivity contribution in [3.05, 3.63) is 57.7 Å². The largest absolute Gasteiger partial charge is 0.264 e. The summed E-state index contributed by atoms with van der Waals surface area (Å²) < 4.78 is 1.71. The number of hydrogen-bond acceptors (Lipinski definition) is 4. The molecule has 0 saturated heterocycles. The van der Waals surface area contributed by atoms with Gasteiger partial charge >= 0.3 is 0 Å². The van der Waals surface area contributed by atoms with E-state index in [0.717, 1.165) is 24.5 Å². The van der Waals surface area contributed by atoms with Gasteiger partial charge in [-0.05, 0) is 12.0 Å². The number of nitrogens with zero attached hydrogens (tertiary/aromatic N) is 4. The minimum atomic E-state index is -0.522. The Morgan fingerprint density at radius 3 is 2.85 bits per heavy atom. The van der Waals surface area contributed by atoms with Gasteiger partial charge in [0.2, 0.25) is 6.04 Å². The summed E-state index contributed by atoms with van der Waals surface area (Å²) >= 11 is 0. The van der Waals surface area contributed by atoms with Crippen LogP contribution in [0.4, 0.5) is 0 Å². The molecule has 2 aromatic rings. The first kappa shape index (κ1) is 12.8. The van der Waals surface area contributed by atoms with E-state index in [0.29, 0.717) is 19.4 Å². The second-order valence-electron chi connectivity index (χ2n) is 5.09. The second kappa shape index (κ2) is 5.40. The monoisotopic (exact) mass is 272 g/mol. The molecule has 0 aliphatic carbocycles. The van der Waals surface area contributed by atoms with Crippen molar-refractivity contribution in [1.29, 1.82) is 0 Å². The molecule has 1 aliphatic heterocycles. The van der Waals surface area contributed by atoms with Gasteiger partial charge in [0.05, 0.1) is 0 Å². The molecule has 1 unspecified atom stereocenters. The maximum Gasteiger partial charge on any atom is 0.232 e. The zero-order valence-electron chi connectivity index (χ0n) is 11.1. The van der Waals surface area contributed by atoms with E-state index in [1.54, 1.807) is 4.68 Å². The normalized spacial score (nSPS) is 17.7. The molecular weight excluding hydrogens is 256 g/mol. The molecule has 20 heavy (non-hydrogen) atoms. The molecule has 6 nitrogen and oxygen atoms in total. The topological polar surface area (TPSA) is 73.8 Å². The molecular formula is C14H16N4O2. The molecule has 1 aromatic heterocycles. The molecule has 1 aliphatic rings. The molecule has 0 N–H and O–H groups in total. The first-order valence-electron chi connectivity index (χ1n) is 6.82. The SMILES string of the molecule is O=[N+]([O-])C1CCc2nc(CCc3ccccc3)nn2C1. The first-order chi connectivity index (χ1) is 9.72. The lowest BCUT2D eigenvalue weighted by atomic mass is 10.1. The zero-order chi connectivity index (χ0) is 13.9. The van der Waals surface area contributed by atoms with E-state index in [2.05, 4.69) is 22.2 Å². The van der Waals surface area contributed by atoms with Crippen molar-refractivity contribution in [2.45, 2.75) is 38.3 Å². The number of fused-ring (bicyclic) bond motifs is 1. The van der Waals surface area contributed by atoms with Crippen molar-refractivity contribution in [1.82, 2.24) is 14.8 Å². The molecule has 6 heteroatoms. The molecule has 0 saturated carbocycles. The maximum absolute atomic E-state index is 10.8. The summed E-state index contributed by atoms with van der Waals surface area (Å²) in [5, 5.41) is 15.2. The minimum absolute atomic E-state index is 0.214. The third-order valence-electron chi connectivity index (χ3n) is 3.66. The van der Waals surface area contributed by atoms with E-state index >= 15 is 0 Å². The summed E-state index contributed by atoms with van der Waals surface area (Å²) in [6.07, 6.45) is 2.86. The number of hydrogen-bond donors (Lipinski definition) is 0. The predicted octanol–water partition coefficient (Wildman–Crippen LogP) is 1.65. The van der Waals surface area contributed by atoms with Gasteiger partial charge in [-0.1, -0.05) is 30.3 Å². The number of aromatic nitrogens is 3. The quantitative estimate of drug-likeness (QED) is 0.626. The lowest BCUT2D eigenvalue weighted by Crippen LogP contribution is -2.31.